The monoisotopic (exact) mass is 436 g/mol. The van der Waals surface area contributed by atoms with Gasteiger partial charge in [0.15, 0.2) is 0 Å². The Labute approximate surface area is 189 Å². The molecule has 2 aliphatic rings. The highest BCUT2D eigenvalue weighted by Crippen LogP contribution is 2.30. The summed E-state index contributed by atoms with van der Waals surface area (Å²) in [6, 6.07) is 16.2. The number of carbonyl (C=O) groups is 2. The Hall–Kier alpha value is -2.90. The van der Waals surface area contributed by atoms with Crippen molar-refractivity contribution in [3.63, 3.8) is 0 Å². The molecule has 7 heteroatoms. The van der Waals surface area contributed by atoms with Crippen LogP contribution in [0.4, 0.5) is 5.69 Å². The van der Waals surface area contributed by atoms with Gasteiger partial charge < -0.3 is 20.3 Å². The van der Waals surface area contributed by atoms with Crippen LogP contribution in [0.25, 0.3) is 0 Å². The number of carbonyl (C=O) groups excluding carboxylic acids is 2. The fourth-order valence-electron chi connectivity index (χ4n) is 4.49. The highest BCUT2D eigenvalue weighted by molar-refractivity contribution is 6.35. The molecule has 4 rings (SSSR count). The number of amides is 2. The van der Waals surface area contributed by atoms with E-state index in [1.54, 1.807) is 0 Å². The first-order valence-electron chi connectivity index (χ1n) is 11.4. The molecule has 2 aliphatic heterocycles. The number of ether oxygens (including phenoxy) is 1. The molecular weight excluding hydrogens is 404 g/mol. The van der Waals surface area contributed by atoms with Gasteiger partial charge in [0, 0.05) is 45.5 Å². The van der Waals surface area contributed by atoms with Crippen LogP contribution < -0.4 is 15.5 Å². The van der Waals surface area contributed by atoms with Gasteiger partial charge in [-0.3, -0.25) is 14.5 Å². The maximum Gasteiger partial charge on any atom is 0.309 e. The van der Waals surface area contributed by atoms with Crippen LogP contribution in [0.2, 0.25) is 0 Å². The van der Waals surface area contributed by atoms with Gasteiger partial charge in [-0.05, 0) is 35.6 Å². The molecule has 0 saturated carbocycles. The van der Waals surface area contributed by atoms with Gasteiger partial charge in [-0.25, -0.2) is 0 Å². The summed E-state index contributed by atoms with van der Waals surface area (Å²) in [5.41, 5.74) is 4.76. The molecule has 2 amide bonds. The number of nitrogens with zero attached hydrogens (tertiary/aromatic N) is 2. The highest BCUT2D eigenvalue weighted by Gasteiger charge is 2.26. The lowest BCUT2D eigenvalue weighted by molar-refractivity contribution is -0.139. The third kappa shape index (κ3) is 5.47. The third-order valence-electron chi connectivity index (χ3n) is 6.28. The summed E-state index contributed by atoms with van der Waals surface area (Å²) in [5.74, 6) is -1.21. The molecule has 2 N–H and O–H groups in total. The fraction of sp³-hybridized carbons (Fsp3) is 0.440. The zero-order valence-corrected chi connectivity index (χ0v) is 18.7. The van der Waals surface area contributed by atoms with Crippen molar-refractivity contribution in [1.82, 2.24) is 15.5 Å². The lowest BCUT2D eigenvalue weighted by atomic mass is 9.95. The van der Waals surface area contributed by atoms with Crippen LogP contribution in [0.1, 0.15) is 29.2 Å². The molecule has 1 fully saturated rings. The van der Waals surface area contributed by atoms with Crippen LogP contribution in [-0.4, -0.2) is 63.2 Å². The molecule has 2 aromatic rings. The second-order valence-electron chi connectivity index (χ2n) is 8.46. The van der Waals surface area contributed by atoms with E-state index in [0.29, 0.717) is 26.3 Å². The van der Waals surface area contributed by atoms with Crippen molar-refractivity contribution in [2.75, 3.05) is 51.3 Å². The Bertz CT molecular complexity index is 928. The van der Waals surface area contributed by atoms with Gasteiger partial charge in [0.2, 0.25) is 0 Å². The van der Waals surface area contributed by atoms with Gasteiger partial charge in [-0.15, -0.1) is 0 Å². The Morgan fingerprint density at radius 3 is 2.53 bits per heavy atom. The van der Waals surface area contributed by atoms with Crippen molar-refractivity contribution < 1.29 is 14.3 Å². The predicted molar refractivity (Wildman–Crippen MR) is 124 cm³/mol. The van der Waals surface area contributed by atoms with Crippen LogP contribution in [0, 0.1) is 0 Å². The van der Waals surface area contributed by atoms with Crippen molar-refractivity contribution in [3.8, 4) is 0 Å². The summed E-state index contributed by atoms with van der Waals surface area (Å²) in [5, 5.41) is 5.56. The van der Waals surface area contributed by atoms with Crippen molar-refractivity contribution in [1.29, 1.82) is 0 Å². The summed E-state index contributed by atoms with van der Waals surface area (Å²) < 4.78 is 5.53. The Morgan fingerprint density at radius 2 is 1.75 bits per heavy atom. The summed E-state index contributed by atoms with van der Waals surface area (Å²) in [4.78, 5) is 29.4. The molecule has 170 valence electrons. The van der Waals surface area contributed by atoms with Crippen LogP contribution in [0.5, 0.6) is 0 Å². The number of aryl methyl sites for hydroxylation is 1. The van der Waals surface area contributed by atoms with Crippen molar-refractivity contribution in [2.45, 2.75) is 25.4 Å². The lowest BCUT2D eigenvalue weighted by Gasteiger charge is -2.36. The van der Waals surface area contributed by atoms with Gasteiger partial charge in [0.1, 0.15) is 0 Å². The molecule has 0 spiro atoms. The number of hydrogen-bond acceptors (Lipinski definition) is 5. The highest BCUT2D eigenvalue weighted by atomic mass is 16.5. The minimum Gasteiger partial charge on any atom is -0.379 e. The standard InChI is InChI=1S/C25H32N4O3/c1-28-11-5-8-20-16-21(9-10-22(20)28)23(29-12-14-32-15-13-29)18-27-25(31)24(30)26-17-19-6-3-2-4-7-19/h2-4,6-7,9-10,16,23H,5,8,11-15,17-18H2,1H3,(H,26,30)(H,27,31)/t23-/m0/s1. The molecule has 2 heterocycles. The SMILES string of the molecule is CN1CCCc2cc([C@H](CNC(=O)C(=O)NCc3ccccc3)N3CCOCC3)ccc21. The molecular formula is C25H32N4O3. The zero-order chi connectivity index (χ0) is 22.3. The lowest BCUT2D eigenvalue weighted by Crippen LogP contribution is -2.46. The van der Waals surface area contributed by atoms with Crippen LogP contribution >= 0.6 is 0 Å². The Balaban J connectivity index is 1.42. The molecule has 0 unspecified atom stereocenters. The average Bonchev–Trinajstić information content (AvgIpc) is 2.84. The van der Waals surface area contributed by atoms with Crippen LogP contribution in [-0.2, 0) is 27.3 Å². The van der Waals surface area contributed by atoms with E-state index in [0.717, 1.165) is 38.0 Å². The van der Waals surface area contributed by atoms with E-state index in [4.69, 9.17) is 4.74 Å². The van der Waals surface area contributed by atoms with Gasteiger partial charge in [0.25, 0.3) is 0 Å². The first kappa shape index (κ1) is 22.3. The van der Waals surface area contributed by atoms with E-state index < -0.39 is 11.8 Å². The van der Waals surface area contributed by atoms with Crippen molar-refractivity contribution in [3.05, 3.63) is 65.2 Å². The smallest absolute Gasteiger partial charge is 0.309 e. The molecule has 0 aromatic heterocycles. The second kappa shape index (κ2) is 10.6. The number of rotatable bonds is 6. The van der Waals surface area contributed by atoms with E-state index in [2.05, 4.69) is 45.7 Å². The van der Waals surface area contributed by atoms with Gasteiger partial charge in [0.05, 0.1) is 19.3 Å². The molecule has 1 atom stereocenters. The Kier molecular flexibility index (Phi) is 7.39. The average molecular weight is 437 g/mol. The number of anilines is 1. The third-order valence-corrected chi connectivity index (χ3v) is 6.28. The summed E-state index contributed by atoms with van der Waals surface area (Å²) >= 11 is 0. The number of hydrogen-bond donors (Lipinski definition) is 2. The maximum atomic E-state index is 12.5. The molecule has 1 saturated heterocycles. The second-order valence-corrected chi connectivity index (χ2v) is 8.46. The van der Waals surface area contributed by atoms with Crippen LogP contribution in [0.15, 0.2) is 48.5 Å². The predicted octanol–water partition coefficient (Wildman–Crippen LogP) is 1.87. The van der Waals surface area contributed by atoms with E-state index in [-0.39, 0.29) is 6.04 Å². The summed E-state index contributed by atoms with van der Waals surface area (Å²) in [6.45, 7) is 4.75. The molecule has 0 radical (unpaired) electrons. The van der Waals surface area contributed by atoms with Crippen molar-refractivity contribution in [2.24, 2.45) is 0 Å². The van der Waals surface area contributed by atoms with E-state index in [1.165, 1.54) is 16.8 Å². The molecule has 0 bridgehead atoms. The van der Waals surface area contributed by atoms with E-state index in [1.807, 2.05) is 30.3 Å². The Morgan fingerprint density at radius 1 is 1.00 bits per heavy atom. The quantitative estimate of drug-likeness (QED) is 0.677. The molecule has 7 nitrogen and oxygen atoms in total. The fourth-order valence-corrected chi connectivity index (χ4v) is 4.49. The van der Waals surface area contributed by atoms with Crippen LogP contribution in [0.3, 0.4) is 0 Å². The first-order valence-corrected chi connectivity index (χ1v) is 11.4. The minimum absolute atomic E-state index is 0.00214. The van der Waals surface area contributed by atoms with E-state index in [9.17, 15) is 9.59 Å². The first-order chi connectivity index (χ1) is 15.6. The largest absolute Gasteiger partial charge is 0.379 e. The van der Waals surface area contributed by atoms with Crippen molar-refractivity contribution >= 4 is 17.5 Å². The number of morpholine rings is 1. The normalized spacial score (nSPS) is 17.3. The molecule has 2 aromatic carbocycles. The zero-order valence-electron chi connectivity index (χ0n) is 18.7. The van der Waals surface area contributed by atoms with Gasteiger partial charge in [-0.1, -0.05) is 42.5 Å². The minimum atomic E-state index is -0.610. The summed E-state index contributed by atoms with van der Waals surface area (Å²) in [7, 11) is 2.13. The van der Waals surface area contributed by atoms with Gasteiger partial charge in [-0.2, -0.15) is 0 Å². The molecule has 32 heavy (non-hydrogen) atoms. The topological polar surface area (TPSA) is 73.9 Å². The number of nitrogens with one attached hydrogen (secondary N) is 2. The maximum absolute atomic E-state index is 12.5. The summed E-state index contributed by atoms with van der Waals surface area (Å²) in [6.07, 6.45) is 2.21. The number of fused-ring (bicyclic) bond motifs is 1. The molecule has 0 aliphatic carbocycles. The number of benzene rings is 2. The van der Waals surface area contributed by atoms with E-state index >= 15 is 0 Å². The van der Waals surface area contributed by atoms with Gasteiger partial charge >= 0.3 is 11.8 Å².